The lowest BCUT2D eigenvalue weighted by Crippen LogP contribution is -2.19. The van der Waals surface area contributed by atoms with Gasteiger partial charge in [0.15, 0.2) is 0 Å². The smallest absolute Gasteiger partial charge is 0.257 e. The van der Waals surface area contributed by atoms with Crippen molar-refractivity contribution in [2.24, 2.45) is 0 Å². The van der Waals surface area contributed by atoms with Gasteiger partial charge in [-0.3, -0.25) is 14.4 Å². The number of nitrogens with one attached hydrogen (secondary N) is 3. The molecule has 0 aliphatic rings. The van der Waals surface area contributed by atoms with Gasteiger partial charge in [-0.1, -0.05) is 32.9 Å². The first-order valence-electron chi connectivity index (χ1n) is 10.9. The Morgan fingerprint density at radius 2 is 1.35 bits per heavy atom. The van der Waals surface area contributed by atoms with Crippen LogP contribution in [0.4, 0.5) is 17.1 Å². The van der Waals surface area contributed by atoms with Gasteiger partial charge < -0.3 is 20.7 Å². The molecule has 0 saturated carbocycles. The van der Waals surface area contributed by atoms with Crippen molar-refractivity contribution in [2.75, 3.05) is 23.1 Å². The van der Waals surface area contributed by atoms with Crippen molar-refractivity contribution in [1.82, 2.24) is 0 Å². The van der Waals surface area contributed by atoms with Crippen LogP contribution in [0.15, 0.2) is 66.7 Å². The molecule has 3 rings (SSSR count). The zero-order valence-corrected chi connectivity index (χ0v) is 20.0. The summed E-state index contributed by atoms with van der Waals surface area (Å²) in [5.41, 5.74) is 3.10. The van der Waals surface area contributed by atoms with E-state index in [1.165, 1.54) is 13.0 Å². The topological polar surface area (TPSA) is 96.5 Å². The van der Waals surface area contributed by atoms with E-state index in [1.54, 1.807) is 55.6 Å². The molecule has 0 aromatic heterocycles. The number of hydrogen-bond donors (Lipinski definition) is 3. The standard InChI is InChI=1S/C27H29N3O4/c1-17(31)28-21-12-15-24(30-25(32)18-6-8-19(9-7-18)27(2,3)4)23(16-21)26(33)29-20-10-13-22(34-5)14-11-20/h6-16H,1-5H3,(H,28,31)(H,29,33)(H,30,32). The molecule has 7 heteroatoms. The van der Waals surface area contributed by atoms with Crippen LogP contribution in [0.2, 0.25) is 0 Å². The summed E-state index contributed by atoms with van der Waals surface area (Å²) in [5, 5.41) is 8.29. The van der Waals surface area contributed by atoms with E-state index in [2.05, 4.69) is 36.7 Å². The summed E-state index contributed by atoms with van der Waals surface area (Å²) in [5.74, 6) is -0.379. The fourth-order valence-electron chi connectivity index (χ4n) is 3.31. The van der Waals surface area contributed by atoms with Crippen LogP contribution in [0.25, 0.3) is 0 Å². The fourth-order valence-corrected chi connectivity index (χ4v) is 3.31. The molecule has 0 saturated heterocycles. The van der Waals surface area contributed by atoms with E-state index in [0.717, 1.165) is 5.56 Å². The van der Waals surface area contributed by atoms with Gasteiger partial charge in [-0.15, -0.1) is 0 Å². The molecule has 0 aliphatic carbocycles. The van der Waals surface area contributed by atoms with Gasteiger partial charge in [-0.2, -0.15) is 0 Å². The third-order valence-electron chi connectivity index (χ3n) is 5.19. The minimum absolute atomic E-state index is 0.0265. The minimum atomic E-state index is -0.434. The summed E-state index contributed by atoms with van der Waals surface area (Å²) in [4.78, 5) is 37.5. The second kappa shape index (κ2) is 10.2. The summed E-state index contributed by atoms with van der Waals surface area (Å²) in [6, 6.07) is 19.0. The lowest BCUT2D eigenvalue weighted by molar-refractivity contribution is -0.114. The van der Waals surface area contributed by atoms with Crippen LogP contribution in [-0.2, 0) is 10.2 Å². The molecular formula is C27H29N3O4. The number of carbonyl (C=O) groups excluding carboxylic acids is 3. The highest BCUT2D eigenvalue weighted by Crippen LogP contribution is 2.25. The highest BCUT2D eigenvalue weighted by molar-refractivity contribution is 6.13. The predicted molar refractivity (Wildman–Crippen MR) is 135 cm³/mol. The highest BCUT2D eigenvalue weighted by atomic mass is 16.5. The zero-order valence-electron chi connectivity index (χ0n) is 20.0. The van der Waals surface area contributed by atoms with Crippen LogP contribution in [0.5, 0.6) is 5.75 Å². The Bertz CT molecular complexity index is 1190. The largest absolute Gasteiger partial charge is 0.497 e. The van der Waals surface area contributed by atoms with Crippen LogP contribution in [0, 0.1) is 0 Å². The van der Waals surface area contributed by atoms with E-state index in [-0.39, 0.29) is 22.8 Å². The second-order valence-electron chi connectivity index (χ2n) is 8.91. The molecule has 7 nitrogen and oxygen atoms in total. The Morgan fingerprint density at radius 3 is 1.91 bits per heavy atom. The quantitative estimate of drug-likeness (QED) is 0.456. The number of rotatable bonds is 6. The van der Waals surface area contributed by atoms with Crippen molar-refractivity contribution in [2.45, 2.75) is 33.1 Å². The lowest BCUT2D eigenvalue weighted by atomic mass is 9.86. The van der Waals surface area contributed by atoms with Crippen molar-refractivity contribution in [3.63, 3.8) is 0 Å². The molecule has 34 heavy (non-hydrogen) atoms. The summed E-state index contributed by atoms with van der Waals surface area (Å²) in [6.07, 6.45) is 0. The average Bonchev–Trinajstić information content (AvgIpc) is 2.79. The third-order valence-corrected chi connectivity index (χ3v) is 5.19. The molecule has 3 aromatic carbocycles. The summed E-state index contributed by atoms with van der Waals surface area (Å²) >= 11 is 0. The van der Waals surface area contributed by atoms with Crippen molar-refractivity contribution >= 4 is 34.8 Å². The molecule has 176 valence electrons. The molecule has 3 N–H and O–H groups in total. The van der Waals surface area contributed by atoms with Crippen LogP contribution in [0.1, 0.15) is 54.0 Å². The number of hydrogen-bond acceptors (Lipinski definition) is 4. The van der Waals surface area contributed by atoms with Gasteiger partial charge in [-0.05, 0) is 65.6 Å². The van der Waals surface area contributed by atoms with Gasteiger partial charge in [0.2, 0.25) is 5.91 Å². The lowest BCUT2D eigenvalue weighted by Gasteiger charge is -2.19. The van der Waals surface area contributed by atoms with E-state index >= 15 is 0 Å². The molecule has 0 radical (unpaired) electrons. The first-order valence-corrected chi connectivity index (χ1v) is 10.9. The Kier molecular flexibility index (Phi) is 7.36. The first-order chi connectivity index (χ1) is 16.1. The third kappa shape index (κ3) is 6.22. The molecule has 0 fully saturated rings. The number of carbonyl (C=O) groups is 3. The van der Waals surface area contributed by atoms with Gasteiger partial charge in [0.1, 0.15) is 5.75 Å². The normalized spacial score (nSPS) is 10.9. The van der Waals surface area contributed by atoms with Crippen molar-refractivity contribution in [1.29, 1.82) is 0 Å². The Labute approximate surface area is 199 Å². The monoisotopic (exact) mass is 459 g/mol. The van der Waals surface area contributed by atoms with E-state index in [9.17, 15) is 14.4 Å². The molecule has 0 heterocycles. The molecular weight excluding hydrogens is 430 g/mol. The molecule has 3 aromatic rings. The van der Waals surface area contributed by atoms with Crippen LogP contribution in [-0.4, -0.2) is 24.8 Å². The van der Waals surface area contributed by atoms with E-state index in [0.29, 0.717) is 28.4 Å². The van der Waals surface area contributed by atoms with Crippen LogP contribution < -0.4 is 20.7 Å². The second-order valence-corrected chi connectivity index (χ2v) is 8.91. The van der Waals surface area contributed by atoms with Crippen molar-refractivity contribution < 1.29 is 19.1 Å². The van der Waals surface area contributed by atoms with Gasteiger partial charge in [0.25, 0.3) is 11.8 Å². The first kappa shape index (κ1) is 24.5. The molecule has 0 atom stereocenters. The van der Waals surface area contributed by atoms with E-state index in [1.807, 2.05) is 12.1 Å². The predicted octanol–water partition coefficient (Wildman–Crippen LogP) is 5.46. The van der Waals surface area contributed by atoms with E-state index < -0.39 is 5.91 Å². The fraction of sp³-hybridized carbons (Fsp3) is 0.222. The molecule has 3 amide bonds. The van der Waals surface area contributed by atoms with Crippen molar-refractivity contribution in [3.05, 3.63) is 83.4 Å². The Hall–Kier alpha value is -4.13. The SMILES string of the molecule is COc1ccc(NC(=O)c2cc(NC(C)=O)ccc2NC(=O)c2ccc(C(C)(C)C)cc2)cc1. The number of anilines is 3. The number of benzene rings is 3. The number of amides is 3. The van der Waals surface area contributed by atoms with E-state index in [4.69, 9.17) is 4.74 Å². The average molecular weight is 460 g/mol. The minimum Gasteiger partial charge on any atom is -0.497 e. The highest BCUT2D eigenvalue weighted by Gasteiger charge is 2.18. The van der Waals surface area contributed by atoms with Crippen LogP contribution >= 0.6 is 0 Å². The van der Waals surface area contributed by atoms with Gasteiger partial charge >= 0.3 is 0 Å². The maximum Gasteiger partial charge on any atom is 0.257 e. The molecule has 0 unspecified atom stereocenters. The van der Waals surface area contributed by atoms with Gasteiger partial charge in [0, 0.05) is 23.9 Å². The summed E-state index contributed by atoms with van der Waals surface area (Å²) < 4.78 is 5.14. The Morgan fingerprint density at radius 1 is 0.735 bits per heavy atom. The van der Waals surface area contributed by atoms with Gasteiger partial charge in [-0.25, -0.2) is 0 Å². The number of methoxy groups -OCH3 is 1. The number of ether oxygens (including phenoxy) is 1. The Balaban J connectivity index is 1.87. The molecule has 0 aliphatic heterocycles. The van der Waals surface area contributed by atoms with Gasteiger partial charge in [0.05, 0.1) is 18.4 Å². The molecule has 0 bridgehead atoms. The van der Waals surface area contributed by atoms with Crippen molar-refractivity contribution in [3.8, 4) is 5.75 Å². The zero-order chi connectivity index (χ0) is 24.9. The van der Waals surface area contributed by atoms with Crippen LogP contribution in [0.3, 0.4) is 0 Å². The summed E-state index contributed by atoms with van der Waals surface area (Å²) in [7, 11) is 1.56. The maximum atomic E-state index is 13.1. The summed E-state index contributed by atoms with van der Waals surface area (Å²) in [6.45, 7) is 7.69. The maximum absolute atomic E-state index is 13.1. The molecule has 0 spiro atoms.